The predicted molar refractivity (Wildman–Crippen MR) is 127 cm³/mol. The Kier molecular flexibility index (Phi) is 6.13. The topological polar surface area (TPSA) is 64.1 Å². The van der Waals surface area contributed by atoms with Gasteiger partial charge in [-0.2, -0.15) is 0 Å². The van der Waals surface area contributed by atoms with Crippen LogP contribution in [0, 0.1) is 11.7 Å². The molecule has 0 fully saturated rings. The van der Waals surface area contributed by atoms with Crippen LogP contribution in [0.2, 0.25) is 0 Å². The first-order valence-electron chi connectivity index (χ1n) is 10.8. The number of nitrogens with one attached hydrogen (secondary N) is 1. The van der Waals surface area contributed by atoms with Crippen molar-refractivity contribution in [1.29, 1.82) is 0 Å². The molecule has 0 aliphatic heterocycles. The Balaban J connectivity index is 1.26. The molecule has 5 rings (SSSR count). The van der Waals surface area contributed by atoms with Gasteiger partial charge in [-0.1, -0.05) is 24.3 Å². The third-order valence-corrected chi connectivity index (χ3v) is 6.87. The quantitative estimate of drug-likeness (QED) is 0.360. The van der Waals surface area contributed by atoms with Crippen molar-refractivity contribution in [2.45, 2.75) is 25.3 Å². The molecule has 1 N–H and O–H groups in total. The minimum absolute atomic E-state index is 0.0152. The summed E-state index contributed by atoms with van der Waals surface area (Å²) >= 11 is 1.67. The van der Waals surface area contributed by atoms with E-state index in [4.69, 9.17) is 9.72 Å². The van der Waals surface area contributed by atoms with Gasteiger partial charge in [0.25, 0.3) is 0 Å². The zero-order chi connectivity index (χ0) is 22.6. The number of pyridine rings is 1. The van der Waals surface area contributed by atoms with Crippen molar-refractivity contribution in [2.24, 2.45) is 5.92 Å². The van der Waals surface area contributed by atoms with E-state index in [1.165, 1.54) is 12.1 Å². The predicted octanol–water partition coefficient (Wildman–Crippen LogP) is 5.99. The van der Waals surface area contributed by atoms with Gasteiger partial charge >= 0.3 is 0 Å². The van der Waals surface area contributed by atoms with Crippen molar-refractivity contribution in [2.75, 3.05) is 0 Å². The minimum Gasteiger partial charge on any atom is -0.439 e. The van der Waals surface area contributed by atoms with Crippen LogP contribution in [-0.4, -0.2) is 15.9 Å². The molecule has 2 aromatic carbocycles. The van der Waals surface area contributed by atoms with Gasteiger partial charge in [-0.15, -0.1) is 11.3 Å². The molecular formula is C26H22FN3O2S. The molecule has 0 saturated heterocycles. The molecule has 1 aliphatic carbocycles. The van der Waals surface area contributed by atoms with E-state index in [0.29, 0.717) is 24.6 Å². The van der Waals surface area contributed by atoms with E-state index in [1.807, 2.05) is 24.3 Å². The third kappa shape index (κ3) is 4.93. The van der Waals surface area contributed by atoms with Crippen molar-refractivity contribution >= 4 is 27.5 Å². The highest BCUT2D eigenvalue weighted by molar-refractivity contribution is 7.18. The minimum atomic E-state index is -0.325. The summed E-state index contributed by atoms with van der Waals surface area (Å²) in [5.41, 5.74) is 1.86. The molecular weight excluding hydrogens is 437 g/mol. The fourth-order valence-corrected chi connectivity index (χ4v) is 5.13. The Morgan fingerprint density at radius 3 is 2.76 bits per heavy atom. The van der Waals surface area contributed by atoms with E-state index in [1.54, 1.807) is 35.7 Å². The Labute approximate surface area is 195 Å². The van der Waals surface area contributed by atoms with Crippen LogP contribution in [0.25, 0.3) is 10.2 Å². The number of benzene rings is 2. The van der Waals surface area contributed by atoms with Crippen LogP contribution < -0.4 is 10.1 Å². The zero-order valence-corrected chi connectivity index (χ0v) is 18.6. The Bertz CT molecular complexity index is 1270. The zero-order valence-electron chi connectivity index (χ0n) is 17.8. The average Bonchev–Trinajstić information content (AvgIpc) is 3.28. The number of carbonyl (C=O) groups excluding carboxylic acids is 1. The second kappa shape index (κ2) is 9.50. The Morgan fingerprint density at radius 2 is 1.91 bits per heavy atom. The maximum Gasteiger partial charge on any atom is 0.224 e. The van der Waals surface area contributed by atoms with Crippen LogP contribution in [-0.2, 0) is 11.3 Å². The molecule has 1 amide bonds. The molecule has 0 saturated carbocycles. The fourth-order valence-electron chi connectivity index (χ4n) is 3.99. The van der Waals surface area contributed by atoms with Gasteiger partial charge < -0.3 is 10.1 Å². The van der Waals surface area contributed by atoms with E-state index in [0.717, 1.165) is 27.2 Å². The van der Waals surface area contributed by atoms with E-state index < -0.39 is 0 Å². The first kappa shape index (κ1) is 21.3. The van der Waals surface area contributed by atoms with Gasteiger partial charge in [0.05, 0.1) is 21.1 Å². The lowest BCUT2D eigenvalue weighted by Gasteiger charge is -2.26. The highest BCUT2D eigenvalue weighted by Gasteiger charge is 2.32. The van der Waals surface area contributed by atoms with E-state index >= 15 is 0 Å². The number of rotatable bonds is 6. The van der Waals surface area contributed by atoms with E-state index in [2.05, 4.69) is 28.5 Å². The average molecular weight is 460 g/mol. The van der Waals surface area contributed by atoms with Gasteiger partial charge in [-0.25, -0.2) is 14.4 Å². The van der Waals surface area contributed by atoms with Crippen molar-refractivity contribution in [3.63, 3.8) is 0 Å². The number of halogens is 1. The van der Waals surface area contributed by atoms with Gasteiger partial charge in [0.1, 0.15) is 11.6 Å². The second-order valence-electron chi connectivity index (χ2n) is 7.95. The number of carbonyl (C=O) groups is 1. The molecule has 166 valence electrons. The normalized spacial score (nSPS) is 17.7. The van der Waals surface area contributed by atoms with Crippen LogP contribution in [0.1, 0.15) is 29.3 Å². The highest BCUT2D eigenvalue weighted by atomic mass is 32.1. The van der Waals surface area contributed by atoms with Crippen molar-refractivity contribution < 1.29 is 13.9 Å². The van der Waals surface area contributed by atoms with Crippen LogP contribution in [0.3, 0.4) is 0 Å². The fraction of sp³-hybridized carbons (Fsp3) is 0.192. The van der Waals surface area contributed by atoms with Crippen LogP contribution in [0.4, 0.5) is 4.39 Å². The highest BCUT2D eigenvalue weighted by Crippen LogP contribution is 2.38. The van der Waals surface area contributed by atoms with Gasteiger partial charge in [-0.05, 0) is 60.9 Å². The number of amides is 1. The molecule has 0 bridgehead atoms. The SMILES string of the molecule is O=C(NCc1ccnc(Oc2ccc(F)cc2)c1)C1CC=CCC1c1nc2ccccc2s1. The maximum absolute atomic E-state index is 13.1. The van der Waals surface area contributed by atoms with Crippen LogP contribution in [0.15, 0.2) is 79.0 Å². The summed E-state index contributed by atoms with van der Waals surface area (Å²) in [4.78, 5) is 22.1. The second-order valence-corrected chi connectivity index (χ2v) is 9.01. The molecule has 33 heavy (non-hydrogen) atoms. The van der Waals surface area contributed by atoms with Gasteiger partial charge in [-0.3, -0.25) is 4.79 Å². The maximum atomic E-state index is 13.1. The molecule has 0 radical (unpaired) electrons. The molecule has 4 aromatic rings. The largest absolute Gasteiger partial charge is 0.439 e. The van der Waals surface area contributed by atoms with Gasteiger partial charge in [0, 0.05) is 24.7 Å². The van der Waals surface area contributed by atoms with E-state index in [-0.39, 0.29) is 23.6 Å². The summed E-state index contributed by atoms with van der Waals surface area (Å²) in [6.45, 7) is 0.369. The standard InChI is InChI=1S/C26H22FN3O2S/c27-18-9-11-19(12-10-18)32-24-15-17(13-14-28-24)16-29-25(31)20-5-1-2-6-21(20)26-30-22-7-3-4-8-23(22)33-26/h1-4,7-15,20-21H,5-6,16H2,(H,29,31). The first-order chi connectivity index (χ1) is 16.2. The molecule has 1 aliphatic rings. The summed E-state index contributed by atoms with van der Waals surface area (Å²) < 4.78 is 19.9. The smallest absolute Gasteiger partial charge is 0.224 e. The molecule has 2 heterocycles. The van der Waals surface area contributed by atoms with Crippen molar-refractivity contribution in [1.82, 2.24) is 15.3 Å². The molecule has 5 nitrogen and oxygen atoms in total. The number of hydrogen-bond acceptors (Lipinski definition) is 5. The summed E-state index contributed by atoms with van der Waals surface area (Å²) in [6.07, 6.45) is 7.36. The first-order valence-corrected chi connectivity index (χ1v) is 11.6. The number of fused-ring (bicyclic) bond motifs is 1. The lowest BCUT2D eigenvalue weighted by molar-refractivity contribution is -0.125. The van der Waals surface area contributed by atoms with Crippen molar-refractivity contribution in [3.8, 4) is 11.6 Å². The van der Waals surface area contributed by atoms with Gasteiger partial charge in [0.15, 0.2) is 0 Å². The summed E-state index contributed by atoms with van der Waals surface area (Å²) in [5.74, 6) is 0.489. The molecule has 0 spiro atoms. The Hall–Kier alpha value is -3.58. The monoisotopic (exact) mass is 459 g/mol. The molecule has 2 unspecified atom stereocenters. The number of allylic oxidation sites excluding steroid dienone is 2. The summed E-state index contributed by atoms with van der Waals surface area (Å²) in [6, 6.07) is 17.4. The van der Waals surface area contributed by atoms with Gasteiger partial charge in [0.2, 0.25) is 11.8 Å². The lowest BCUT2D eigenvalue weighted by Crippen LogP contribution is -2.34. The number of nitrogens with zero attached hydrogens (tertiary/aromatic N) is 2. The number of ether oxygens (including phenoxy) is 1. The molecule has 7 heteroatoms. The lowest BCUT2D eigenvalue weighted by atomic mass is 9.82. The van der Waals surface area contributed by atoms with Crippen molar-refractivity contribution in [3.05, 3.63) is 95.4 Å². The number of thiazole rings is 1. The van der Waals surface area contributed by atoms with Crippen LogP contribution in [0.5, 0.6) is 11.6 Å². The molecule has 2 aromatic heterocycles. The van der Waals surface area contributed by atoms with Crippen LogP contribution >= 0.6 is 11.3 Å². The Morgan fingerprint density at radius 1 is 1.09 bits per heavy atom. The summed E-state index contributed by atoms with van der Waals surface area (Å²) in [7, 11) is 0. The number of para-hydroxylation sites is 1. The summed E-state index contributed by atoms with van der Waals surface area (Å²) in [5, 5.41) is 4.09. The number of aromatic nitrogens is 2. The molecule has 2 atom stereocenters. The van der Waals surface area contributed by atoms with E-state index in [9.17, 15) is 9.18 Å². The number of hydrogen-bond donors (Lipinski definition) is 1. The third-order valence-electron chi connectivity index (χ3n) is 5.70.